The molecule has 1 atom stereocenters. The maximum atomic E-state index is 12.4. The van der Waals surface area contributed by atoms with E-state index in [9.17, 15) is 8.42 Å². The molecule has 0 aliphatic carbocycles. The first-order valence-corrected chi connectivity index (χ1v) is 7.58. The Kier molecular flexibility index (Phi) is 4.11. The number of benzene rings is 1. The fourth-order valence-corrected chi connectivity index (χ4v) is 3.71. The topological polar surface area (TPSA) is 70.4 Å². The van der Waals surface area contributed by atoms with Gasteiger partial charge in [0.2, 0.25) is 10.0 Å². The Labute approximate surface area is 117 Å². The molecule has 1 aromatic carbocycles. The van der Waals surface area contributed by atoms with Gasteiger partial charge in [-0.3, -0.25) is 0 Å². The predicted molar refractivity (Wildman–Crippen MR) is 70.3 cm³/mol. The summed E-state index contributed by atoms with van der Waals surface area (Å²) < 4.78 is 31.5. The number of hydrogen-bond acceptors (Lipinski definition) is 4. The van der Waals surface area contributed by atoms with Gasteiger partial charge in [-0.15, -0.1) is 0 Å². The SMILES string of the molecule is C[C@@H]1CN(S(=O)(=O)c2ccc(C#N)c(Cl)c2)CCO1. The van der Waals surface area contributed by atoms with E-state index >= 15 is 0 Å². The van der Waals surface area contributed by atoms with Crippen molar-refractivity contribution in [3.63, 3.8) is 0 Å². The van der Waals surface area contributed by atoms with Gasteiger partial charge in [0.1, 0.15) is 6.07 Å². The number of halogens is 1. The van der Waals surface area contributed by atoms with Gasteiger partial charge in [-0.05, 0) is 25.1 Å². The van der Waals surface area contributed by atoms with Gasteiger partial charge in [-0.25, -0.2) is 8.42 Å². The van der Waals surface area contributed by atoms with Crippen LogP contribution in [0.15, 0.2) is 23.1 Å². The summed E-state index contributed by atoms with van der Waals surface area (Å²) in [5, 5.41) is 8.93. The Morgan fingerprint density at radius 1 is 1.53 bits per heavy atom. The average Bonchev–Trinajstić information content (AvgIpc) is 2.38. The van der Waals surface area contributed by atoms with E-state index in [4.69, 9.17) is 21.6 Å². The highest BCUT2D eigenvalue weighted by Gasteiger charge is 2.29. The molecule has 1 saturated heterocycles. The molecule has 1 heterocycles. The minimum atomic E-state index is -3.58. The second-order valence-corrected chi connectivity index (χ2v) is 6.64. The quantitative estimate of drug-likeness (QED) is 0.832. The molecule has 0 radical (unpaired) electrons. The molecule has 5 nitrogen and oxygen atoms in total. The molecule has 0 saturated carbocycles. The van der Waals surface area contributed by atoms with E-state index in [0.29, 0.717) is 19.7 Å². The molecule has 7 heteroatoms. The third-order valence-electron chi connectivity index (χ3n) is 2.90. The van der Waals surface area contributed by atoms with Crippen LogP contribution in [0.1, 0.15) is 12.5 Å². The first kappa shape index (κ1) is 14.3. The second-order valence-electron chi connectivity index (χ2n) is 4.30. The summed E-state index contributed by atoms with van der Waals surface area (Å²) in [5.74, 6) is 0. The molecule has 0 unspecified atom stereocenters. The lowest BCUT2D eigenvalue weighted by atomic mass is 10.2. The summed E-state index contributed by atoms with van der Waals surface area (Å²) in [6.45, 7) is 2.85. The van der Waals surface area contributed by atoms with E-state index in [1.807, 2.05) is 13.0 Å². The highest BCUT2D eigenvalue weighted by molar-refractivity contribution is 7.89. The average molecular weight is 301 g/mol. The molecule has 1 aliphatic rings. The molecule has 1 aromatic rings. The number of nitriles is 1. The molecule has 0 aromatic heterocycles. The second kappa shape index (κ2) is 5.47. The standard InChI is InChI=1S/C12H13ClN2O3S/c1-9-8-15(4-5-18-9)19(16,17)11-3-2-10(7-14)12(13)6-11/h2-3,6,9H,4-5,8H2,1H3/t9-/m1/s1. The summed E-state index contributed by atoms with van der Waals surface area (Å²) in [4.78, 5) is 0.102. The van der Waals surface area contributed by atoms with Crippen molar-refractivity contribution in [1.82, 2.24) is 4.31 Å². The number of morpholine rings is 1. The summed E-state index contributed by atoms with van der Waals surface area (Å²) in [5.41, 5.74) is 0.260. The van der Waals surface area contributed by atoms with Crippen LogP contribution >= 0.6 is 11.6 Å². The minimum absolute atomic E-state index is 0.102. The zero-order chi connectivity index (χ0) is 14.0. The molecule has 1 aliphatic heterocycles. The third-order valence-corrected chi connectivity index (χ3v) is 5.08. The van der Waals surface area contributed by atoms with E-state index < -0.39 is 10.0 Å². The fraction of sp³-hybridized carbons (Fsp3) is 0.417. The van der Waals surface area contributed by atoms with Crippen molar-refractivity contribution in [3.05, 3.63) is 28.8 Å². The van der Waals surface area contributed by atoms with Crippen LogP contribution in [-0.2, 0) is 14.8 Å². The number of hydrogen-bond donors (Lipinski definition) is 0. The van der Waals surface area contributed by atoms with E-state index in [-0.39, 0.29) is 21.6 Å². The van der Waals surface area contributed by atoms with Crippen molar-refractivity contribution in [1.29, 1.82) is 5.26 Å². The van der Waals surface area contributed by atoms with Gasteiger partial charge < -0.3 is 4.74 Å². The lowest BCUT2D eigenvalue weighted by Gasteiger charge is -2.30. The highest BCUT2D eigenvalue weighted by Crippen LogP contribution is 2.24. The number of nitrogens with zero attached hydrogens (tertiary/aromatic N) is 2. The maximum absolute atomic E-state index is 12.4. The molecule has 0 spiro atoms. The van der Waals surface area contributed by atoms with E-state index in [1.165, 1.54) is 22.5 Å². The van der Waals surface area contributed by atoms with E-state index in [2.05, 4.69) is 0 Å². The van der Waals surface area contributed by atoms with Crippen LogP contribution in [0.5, 0.6) is 0 Å². The fourth-order valence-electron chi connectivity index (χ4n) is 1.90. The van der Waals surface area contributed by atoms with Gasteiger partial charge in [0.25, 0.3) is 0 Å². The van der Waals surface area contributed by atoms with Gasteiger partial charge in [-0.2, -0.15) is 9.57 Å². The molecule has 0 amide bonds. The van der Waals surface area contributed by atoms with Crippen LogP contribution < -0.4 is 0 Å². The highest BCUT2D eigenvalue weighted by atomic mass is 35.5. The molecular formula is C12H13ClN2O3S. The molecule has 0 N–H and O–H groups in total. The summed E-state index contributed by atoms with van der Waals surface area (Å²) in [6.07, 6.45) is -0.127. The van der Waals surface area contributed by atoms with Crippen LogP contribution in [0.25, 0.3) is 0 Å². The first-order valence-electron chi connectivity index (χ1n) is 5.76. The van der Waals surface area contributed by atoms with Gasteiger partial charge >= 0.3 is 0 Å². The summed E-state index contributed by atoms with van der Waals surface area (Å²) in [7, 11) is -3.58. The molecule has 19 heavy (non-hydrogen) atoms. The third kappa shape index (κ3) is 2.90. The Balaban J connectivity index is 2.34. The summed E-state index contributed by atoms with van der Waals surface area (Å²) in [6, 6.07) is 6.03. The van der Waals surface area contributed by atoms with Crippen molar-refractivity contribution in [2.75, 3.05) is 19.7 Å². The Morgan fingerprint density at radius 2 is 2.26 bits per heavy atom. The van der Waals surface area contributed by atoms with Crippen molar-refractivity contribution < 1.29 is 13.2 Å². The molecule has 0 bridgehead atoms. The normalized spacial score (nSPS) is 21.0. The first-order chi connectivity index (χ1) is 8.95. The van der Waals surface area contributed by atoms with Gasteiger partial charge in [0, 0.05) is 13.1 Å². The van der Waals surface area contributed by atoms with E-state index in [1.54, 1.807) is 0 Å². The van der Waals surface area contributed by atoms with Crippen LogP contribution in [0.2, 0.25) is 5.02 Å². The van der Waals surface area contributed by atoms with Crippen molar-refractivity contribution >= 4 is 21.6 Å². The van der Waals surface area contributed by atoms with Gasteiger partial charge in [0.05, 0.1) is 28.2 Å². The molecule has 1 fully saturated rings. The molecular weight excluding hydrogens is 288 g/mol. The Hall–Kier alpha value is -1.13. The van der Waals surface area contributed by atoms with Gasteiger partial charge in [0.15, 0.2) is 0 Å². The van der Waals surface area contributed by atoms with Crippen molar-refractivity contribution in [2.45, 2.75) is 17.9 Å². The van der Waals surface area contributed by atoms with Crippen LogP contribution in [0.3, 0.4) is 0 Å². The van der Waals surface area contributed by atoms with E-state index in [0.717, 1.165) is 0 Å². The van der Waals surface area contributed by atoms with Gasteiger partial charge in [-0.1, -0.05) is 11.6 Å². The maximum Gasteiger partial charge on any atom is 0.243 e. The number of sulfonamides is 1. The van der Waals surface area contributed by atoms with Crippen LogP contribution in [-0.4, -0.2) is 38.5 Å². The Bertz CT molecular complexity index is 624. The smallest absolute Gasteiger partial charge is 0.243 e. The predicted octanol–water partition coefficient (Wildman–Crippen LogP) is 1.62. The molecule has 2 rings (SSSR count). The zero-order valence-corrected chi connectivity index (χ0v) is 11.9. The lowest BCUT2D eigenvalue weighted by Crippen LogP contribution is -2.44. The van der Waals surface area contributed by atoms with Crippen molar-refractivity contribution in [2.24, 2.45) is 0 Å². The van der Waals surface area contributed by atoms with Crippen LogP contribution in [0.4, 0.5) is 0 Å². The lowest BCUT2D eigenvalue weighted by molar-refractivity contribution is 0.0102. The number of rotatable bonds is 2. The number of ether oxygens (including phenoxy) is 1. The van der Waals surface area contributed by atoms with Crippen molar-refractivity contribution in [3.8, 4) is 6.07 Å². The largest absolute Gasteiger partial charge is 0.376 e. The minimum Gasteiger partial charge on any atom is -0.376 e. The molecule has 102 valence electrons. The monoisotopic (exact) mass is 300 g/mol. The summed E-state index contributed by atoms with van der Waals surface area (Å²) >= 11 is 5.87. The van der Waals surface area contributed by atoms with Crippen LogP contribution in [0, 0.1) is 11.3 Å². The Morgan fingerprint density at radius 3 is 2.84 bits per heavy atom. The zero-order valence-electron chi connectivity index (χ0n) is 10.3.